The van der Waals surface area contributed by atoms with Gasteiger partial charge >= 0.3 is 5.97 Å². The average Bonchev–Trinajstić information content (AvgIpc) is 2.75. The van der Waals surface area contributed by atoms with Crippen LogP contribution >= 0.6 is 0 Å². The number of rotatable bonds is 8. The van der Waals surface area contributed by atoms with Crippen LogP contribution in [0.5, 0.6) is 0 Å². The predicted octanol–water partition coefficient (Wildman–Crippen LogP) is 0.601. The summed E-state index contributed by atoms with van der Waals surface area (Å²) < 4.78 is 27.7. The maximum absolute atomic E-state index is 12.0. The lowest BCUT2D eigenvalue weighted by Gasteiger charge is -2.10. The van der Waals surface area contributed by atoms with Crippen LogP contribution in [-0.4, -0.2) is 35.3 Å². The lowest BCUT2D eigenvalue weighted by atomic mass is 10.3. The van der Waals surface area contributed by atoms with Crippen molar-refractivity contribution < 1.29 is 18.3 Å². The molecule has 1 atom stereocenters. The van der Waals surface area contributed by atoms with Crippen molar-refractivity contribution in [3.05, 3.63) is 25.0 Å². The van der Waals surface area contributed by atoms with Gasteiger partial charge in [-0.15, -0.1) is 6.58 Å². The van der Waals surface area contributed by atoms with E-state index in [1.165, 1.54) is 17.1 Å². The molecule has 106 valence electrons. The van der Waals surface area contributed by atoms with Gasteiger partial charge in [-0.2, -0.15) is 5.10 Å². The van der Waals surface area contributed by atoms with Crippen LogP contribution in [0, 0.1) is 0 Å². The molecule has 0 fully saturated rings. The summed E-state index contributed by atoms with van der Waals surface area (Å²) in [5, 5.41) is 12.4. The summed E-state index contributed by atoms with van der Waals surface area (Å²) in [5.41, 5.74) is 0. The second-order valence-corrected chi connectivity index (χ2v) is 5.84. The van der Waals surface area contributed by atoms with Gasteiger partial charge in [-0.3, -0.25) is 9.48 Å². The van der Waals surface area contributed by atoms with Gasteiger partial charge in [-0.1, -0.05) is 6.08 Å². The number of nitrogens with one attached hydrogen (secondary N) is 1. The van der Waals surface area contributed by atoms with E-state index in [1.807, 2.05) is 0 Å². The quantitative estimate of drug-likeness (QED) is 0.682. The number of carboxylic acids is 1. The van der Waals surface area contributed by atoms with Gasteiger partial charge in [0.25, 0.3) is 0 Å². The highest BCUT2D eigenvalue weighted by Gasteiger charge is 2.18. The highest BCUT2D eigenvalue weighted by Crippen LogP contribution is 2.09. The summed E-state index contributed by atoms with van der Waals surface area (Å²) in [6, 6.07) is -0.259. The molecular weight excluding hydrogens is 270 g/mol. The minimum atomic E-state index is -3.63. The van der Waals surface area contributed by atoms with Gasteiger partial charge in [0.2, 0.25) is 10.0 Å². The van der Waals surface area contributed by atoms with Crippen LogP contribution in [0.25, 0.3) is 0 Å². The Morgan fingerprint density at radius 1 is 1.68 bits per heavy atom. The van der Waals surface area contributed by atoms with Gasteiger partial charge < -0.3 is 5.11 Å². The van der Waals surface area contributed by atoms with Crippen LogP contribution in [0.1, 0.15) is 19.8 Å². The molecule has 19 heavy (non-hydrogen) atoms. The lowest BCUT2D eigenvalue weighted by Crippen LogP contribution is -2.31. The second-order valence-electron chi connectivity index (χ2n) is 4.13. The molecule has 2 N–H and O–H groups in total. The molecule has 0 bridgehead atoms. The fourth-order valence-electron chi connectivity index (χ4n) is 1.45. The summed E-state index contributed by atoms with van der Waals surface area (Å²) in [7, 11) is -3.63. The zero-order valence-corrected chi connectivity index (χ0v) is 11.4. The molecule has 1 unspecified atom stereocenters. The largest absolute Gasteiger partial charge is 0.481 e. The first-order valence-corrected chi connectivity index (χ1v) is 7.21. The van der Waals surface area contributed by atoms with Crippen molar-refractivity contribution in [2.24, 2.45) is 0 Å². The Morgan fingerprint density at radius 3 is 2.95 bits per heavy atom. The first-order valence-electron chi connectivity index (χ1n) is 5.72. The first-order chi connectivity index (χ1) is 8.85. The van der Waals surface area contributed by atoms with Crippen molar-refractivity contribution in [1.82, 2.24) is 14.5 Å². The topological polar surface area (TPSA) is 101 Å². The van der Waals surface area contributed by atoms with E-state index in [9.17, 15) is 13.2 Å². The fraction of sp³-hybridized carbons (Fsp3) is 0.455. The number of nitrogens with zero attached hydrogens (tertiary/aromatic N) is 2. The molecule has 0 aromatic carbocycles. The first kappa shape index (κ1) is 15.4. The predicted molar refractivity (Wildman–Crippen MR) is 69.1 cm³/mol. The van der Waals surface area contributed by atoms with E-state index in [4.69, 9.17) is 5.11 Å². The van der Waals surface area contributed by atoms with Crippen LogP contribution in [0.2, 0.25) is 0 Å². The van der Waals surface area contributed by atoms with Gasteiger partial charge in [0, 0.05) is 12.2 Å². The minimum absolute atomic E-state index is 0.0220. The Hall–Kier alpha value is -1.67. The van der Waals surface area contributed by atoms with E-state index in [0.29, 0.717) is 6.42 Å². The molecule has 0 aliphatic heterocycles. The van der Waals surface area contributed by atoms with Gasteiger partial charge in [-0.05, 0) is 13.3 Å². The third kappa shape index (κ3) is 4.84. The summed E-state index contributed by atoms with van der Waals surface area (Å²) in [6.07, 6.45) is 4.55. The van der Waals surface area contributed by atoms with Crippen LogP contribution in [-0.2, 0) is 21.4 Å². The Morgan fingerprint density at radius 2 is 2.37 bits per heavy atom. The molecular formula is C11H17N3O4S. The molecule has 1 aromatic rings. The van der Waals surface area contributed by atoms with Crippen molar-refractivity contribution in [2.75, 3.05) is 0 Å². The summed E-state index contributed by atoms with van der Waals surface area (Å²) in [4.78, 5) is 10.4. The highest BCUT2D eigenvalue weighted by molar-refractivity contribution is 7.89. The van der Waals surface area contributed by atoms with Gasteiger partial charge in [0.05, 0.1) is 19.2 Å². The van der Waals surface area contributed by atoms with Crippen molar-refractivity contribution in [3.63, 3.8) is 0 Å². The molecule has 0 aliphatic rings. The Balaban J connectivity index is 2.73. The minimum Gasteiger partial charge on any atom is -0.481 e. The number of carboxylic acid groups (broad SMARTS) is 1. The maximum Gasteiger partial charge on any atom is 0.305 e. The molecule has 0 spiro atoms. The monoisotopic (exact) mass is 287 g/mol. The maximum atomic E-state index is 12.0. The summed E-state index contributed by atoms with van der Waals surface area (Å²) in [5.74, 6) is -0.961. The molecule has 0 saturated heterocycles. The average molecular weight is 287 g/mol. The SMILES string of the molecule is C=CCC(C)NS(=O)(=O)c1cnn(CCC(=O)O)c1. The smallest absolute Gasteiger partial charge is 0.305 e. The normalized spacial score (nSPS) is 13.1. The Labute approximate surface area is 112 Å². The number of hydrogen-bond donors (Lipinski definition) is 2. The zero-order chi connectivity index (χ0) is 14.5. The van der Waals surface area contributed by atoms with Crippen molar-refractivity contribution in [1.29, 1.82) is 0 Å². The molecule has 0 aliphatic carbocycles. The van der Waals surface area contributed by atoms with E-state index < -0.39 is 16.0 Å². The molecule has 8 heteroatoms. The number of carbonyl (C=O) groups is 1. The van der Waals surface area contributed by atoms with Gasteiger partial charge in [-0.25, -0.2) is 13.1 Å². The Kier molecular flexibility index (Phi) is 5.25. The number of hydrogen-bond acceptors (Lipinski definition) is 4. The number of aromatic nitrogens is 2. The number of aliphatic carboxylic acids is 1. The molecule has 1 heterocycles. The lowest BCUT2D eigenvalue weighted by molar-refractivity contribution is -0.137. The highest BCUT2D eigenvalue weighted by atomic mass is 32.2. The van der Waals surface area contributed by atoms with Gasteiger partial charge in [0.15, 0.2) is 0 Å². The van der Waals surface area contributed by atoms with E-state index >= 15 is 0 Å². The van der Waals surface area contributed by atoms with E-state index in [1.54, 1.807) is 13.0 Å². The van der Waals surface area contributed by atoms with Crippen LogP contribution < -0.4 is 4.72 Å². The van der Waals surface area contributed by atoms with Crippen LogP contribution in [0.3, 0.4) is 0 Å². The van der Waals surface area contributed by atoms with E-state index in [2.05, 4.69) is 16.4 Å². The van der Waals surface area contributed by atoms with E-state index in [0.717, 1.165) is 0 Å². The third-order valence-corrected chi connectivity index (χ3v) is 3.90. The van der Waals surface area contributed by atoms with Crippen molar-refractivity contribution in [3.8, 4) is 0 Å². The van der Waals surface area contributed by atoms with Crippen LogP contribution in [0.15, 0.2) is 29.9 Å². The molecule has 0 amide bonds. The molecule has 1 aromatic heterocycles. The van der Waals surface area contributed by atoms with Crippen LogP contribution in [0.4, 0.5) is 0 Å². The molecule has 0 saturated carbocycles. The van der Waals surface area contributed by atoms with Crippen molar-refractivity contribution in [2.45, 2.75) is 37.2 Å². The fourth-order valence-corrected chi connectivity index (χ4v) is 2.66. The zero-order valence-electron chi connectivity index (χ0n) is 10.6. The summed E-state index contributed by atoms with van der Waals surface area (Å²) >= 11 is 0. The summed E-state index contributed by atoms with van der Waals surface area (Å²) in [6.45, 7) is 5.40. The third-order valence-electron chi connectivity index (χ3n) is 2.35. The molecule has 1 rings (SSSR count). The molecule has 7 nitrogen and oxygen atoms in total. The standard InChI is InChI=1S/C11H17N3O4S/c1-3-4-9(2)13-19(17,18)10-7-12-14(8-10)6-5-11(15)16/h3,7-9,13H,1,4-6H2,2H3,(H,15,16). The Bertz CT molecular complexity index is 550. The number of aryl methyl sites for hydroxylation is 1. The van der Waals surface area contributed by atoms with Crippen molar-refractivity contribution >= 4 is 16.0 Å². The molecule has 0 radical (unpaired) electrons. The van der Waals surface area contributed by atoms with Gasteiger partial charge in [0.1, 0.15) is 4.90 Å². The van der Waals surface area contributed by atoms with E-state index in [-0.39, 0.29) is 23.9 Å². The number of sulfonamides is 1. The second kappa shape index (κ2) is 6.48.